The molecule has 1 saturated heterocycles. The molecular weight excluding hydrogens is 460 g/mol. The summed E-state index contributed by atoms with van der Waals surface area (Å²) in [6.07, 6.45) is 4.12. The van der Waals surface area contributed by atoms with Crippen LogP contribution in [0.5, 0.6) is 5.75 Å². The van der Waals surface area contributed by atoms with Crippen LogP contribution in [0, 0.1) is 0 Å². The molecule has 1 atom stereocenters. The van der Waals surface area contributed by atoms with Crippen molar-refractivity contribution in [2.75, 3.05) is 45.9 Å². The number of β-amino-alcohol motifs (C(OH)–C–C–N with tert-alkyl or cyclic N) is 1. The monoisotopic (exact) mass is 494 g/mol. The summed E-state index contributed by atoms with van der Waals surface area (Å²) < 4.78 is 7.01. The number of nitrogens with one attached hydrogen (secondary N) is 1. The molecule has 0 spiro atoms. The van der Waals surface area contributed by atoms with Crippen LogP contribution >= 0.6 is 11.3 Å². The zero-order valence-electron chi connectivity index (χ0n) is 20.1. The van der Waals surface area contributed by atoms with Gasteiger partial charge in [-0.05, 0) is 25.0 Å². The number of hydrogen-bond acceptors (Lipinski definition) is 7. The molecule has 0 bridgehead atoms. The zero-order chi connectivity index (χ0) is 24.0. The van der Waals surface area contributed by atoms with Crippen molar-refractivity contribution >= 4 is 27.5 Å². The first-order valence-electron chi connectivity index (χ1n) is 12.6. The molecule has 186 valence electrons. The number of fused-ring (bicyclic) bond motifs is 1. The van der Waals surface area contributed by atoms with Crippen molar-refractivity contribution in [1.82, 2.24) is 20.1 Å². The molecule has 35 heavy (non-hydrogen) atoms. The molecule has 1 aliphatic heterocycles. The minimum atomic E-state index is -0.571. The van der Waals surface area contributed by atoms with E-state index < -0.39 is 6.10 Å². The molecule has 3 aromatic rings. The first-order chi connectivity index (χ1) is 17.1. The maximum Gasteiger partial charge on any atom is 0.234 e. The highest BCUT2D eigenvalue weighted by molar-refractivity contribution is 7.21. The molecule has 1 saturated carbocycles. The molecule has 2 fully saturated rings. The van der Waals surface area contributed by atoms with Gasteiger partial charge in [-0.15, -0.1) is 11.3 Å². The van der Waals surface area contributed by atoms with Crippen LogP contribution in [-0.4, -0.2) is 83.8 Å². The van der Waals surface area contributed by atoms with Crippen molar-refractivity contribution in [3.63, 3.8) is 0 Å². The molecule has 1 aliphatic carbocycles. The number of benzene rings is 2. The molecule has 5 rings (SSSR count). The van der Waals surface area contributed by atoms with Crippen LogP contribution in [0.1, 0.15) is 25.7 Å². The van der Waals surface area contributed by atoms with Crippen molar-refractivity contribution < 1.29 is 14.6 Å². The standard InChI is InChI=1S/C27H34N4O3S/c32-22(17-30-12-14-31(15-13-30)18-26(33)28-21-8-4-5-9-21)19-34-23-10-11-25-24(16-23)29-27(35-25)20-6-2-1-3-7-20/h1-3,6-7,10-11,16,21-22,32H,4-5,8-9,12-15,17-19H2,(H,28,33). The lowest BCUT2D eigenvalue weighted by Gasteiger charge is -2.35. The summed E-state index contributed by atoms with van der Waals surface area (Å²) in [5, 5.41) is 14.7. The van der Waals surface area contributed by atoms with Gasteiger partial charge >= 0.3 is 0 Å². The number of amides is 1. The number of piperazine rings is 1. The van der Waals surface area contributed by atoms with Gasteiger partial charge in [-0.3, -0.25) is 14.6 Å². The van der Waals surface area contributed by atoms with E-state index in [1.54, 1.807) is 11.3 Å². The highest BCUT2D eigenvalue weighted by Crippen LogP contribution is 2.32. The van der Waals surface area contributed by atoms with Crippen LogP contribution in [0.2, 0.25) is 0 Å². The smallest absolute Gasteiger partial charge is 0.234 e. The van der Waals surface area contributed by atoms with Gasteiger partial charge in [0.2, 0.25) is 5.91 Å². The van der Waals surface area contributed by atoms with E-state index in [9.17, 15) is 9.90 Å². The minimum Gasteiger partial charge on any atom is -0.491 e. The average Bonchev–Trinajstić information content (AvgIpc) is 3.54. The Kier molecular flexibility index (Phi) is 7.93. The molecule has 2 aliphatic rings. The largest absolute Gasteiger partial charge is 0.491 e. The van der Waals surface area contributed by atoms with Gasteiger partial charge in [0, 0.05) is 50.4 Å². The summed E-state index contributed by atoms with van der Waals surface area (Å²) in [6, 6.07) is 16.5. The van der Waals surface area contributed by atoms with Gasteiger partial charge in [0.15, 0.2) is 0 Å². The fraction of sp³-hybridized carbons (Fsp3) is 0.481. The number of ether oxygens (including phenoxy) is 1. The number of carbonyl (C=O) groups excluding carboxylic acids is 1. The Bertz CT molecular complexity index is 1110. The van der Waals surface area contributed by atoms with Gasteiger partial charge in [-0.2, -0.15) is 0 Å². The Morgan fingerprint density at radius 2 is 1.83 bits per heavy atom. The normalized spacial score (nSPS) is 18.7. The van der Waals surface area contributed by atoms with Gasteiger partial charge in [-0.25, -0.2) is 4.98 Å². The van der Waals surface area contributed by atoms with Crippen molar-refractivity contribution in [3.05, 3.63) is 48.5 Å². The third-order valence-electron chi connectivity index (χ3n) is 6.84. The van der Waals surface area contributed by atoms with E-state index in [0.29, 0.717) is 19.1 Å². The molecule has 1 aromatic heterocycles. The summed E-state index contributed by atoms with van der Waals surface area (Å²) in [5.41, 5.74) is 2.02. The van der Waals surface area contributed by atoms with Crippen molar-refractivity contribution in [2.45, 2.75) is 37.8 Å². The Balaban J connectivity index is 1.05. The molecule has 1 amide bonds. The molecule has 2 N–H and O–H groups in total. The number of rotatable bonds is 9. The minimum absolute atomic E-state index is 0.145. The lowest BCUT2D eigenvalue weighted by molar-refractivity contribution is -0.123. The first kappa shape index (κ1) is 24.2. The van der Waals surface area contributed by atoms with Crippen LogP contribution in [0.15, 0.2) is 48.5 Å². The Morgan fingerprint density at radius 1 is 1.09 bits per heavy atom. The first-order valence-corrected chi connectivity index (χ1v) is 13.4. The molecule has 2 heterocycles. The fourth-order valence-corrected chi connectivity index (χ4v) is 5.87. The third kappa shape index (κ3) is 6.58. The molecule has 8 heteroatoms. The highest BCUT2D eigenvalue weighted by atomic mass is 32.1. The SMILES string of the molecule is O=C(CN1CCN(CC(O)COc2ccc3sc(-c4ccccc4)nc3c2)CC1)NC1CCCC1. The van der Waals surface area contributed by atoms with Crippen molar-refractivity contribution in [3.8, 4) is 16.3 Å². The maximum atomic E-state index is 12.3. The molecule has 0 radical (unpaired) electrons. The van der Waals surface area contributed by atoms with E-state index in [4.69, 9.17) is 9.72 Å². The second-order valence-corrected chi connectivity index (χ2v) is 10.6. The predicted molar refractivity (Wildman–Crippen MR) is 140 cm³/mol. The fourth-order valence-electron chi connectivity index (χ4n) is 4.92. The van der Waals surface area contributed by atoms with Crippen LogP contribution in [-0.2, 0) is 4.79 Å². The van der Waals surface area contributed by atoms with E-state index in [-0.39, 0.29) is 12.5 Å². The van der Waals surface area contributed by atoms with E-state index in [1.165, 1.54) is 12.8 Å². The Labute approximate surface area is 210 Å². The molecular formula is C27H34N4O3S. The van der Waals surface area contributed by atoms with Crippen molar-refractivity contribution in [2.24, 2.45) is 0 Å². The van der Waals surface area contributed by atoms with Crippen molar-refractivity contribution in [1.29, 1.82) is 0 Å². The summed E-state index contributed by atoms with van der Waals surface area (Å²) in [6.45, 7) is 4.67. The number of aromatic nitrogens is 1. The quantitative estimate of drug-likeness (QED) is 0.475. The van der Waals surface area contributed by atoms with Gasteiger partial charge in [0.25, 0.3) is 0 Å². The van der Waals surface area contributed by atoms with Crippen LogP contribution in [0.3, 0.4) is 0 Å². The van der Waals surface area contributed by atoms with E-state index >= 15 is 0 Å². The van der Waals surface area contributed by atoms with Gasteiger partial charge in [0.05, 0.1) is 16.8 Å². The number of nitrogens with zero attached hydrogens (tertiary/aromatic N) is 3. The second-order valence-electron chi connectivity index (χ2n) is 9.61. The average molecular weight is 495 g/mol. The van der Waals surface area contributed by atoms with Gasteiger partial charge in [0.1, 0.15) is 23.5 Å². The number of carbonyl (C=O) groups is 1. The summed E-state index contributed by atoms with van der Waals surface area (Å²) in [5.74, 6) is 0.867. The zero-order valence-corrected chi connectivity index (χ0v) is 20.9. The van der Waals surface area contributed by atoms with Crippen LogP contribution in [0.4, 0.5) is 0 Å². The molecule has 1 unspecified atom stereocenters. The maximum absolute atomic E-state index is 12.3. The Morgan fingerprint density at radius 3 is 2.60 bits per heavy atom. The number of aliphatic hydroxyl groups is 1. The topological polar surface area (TPSA) is 77.9 Å². The number of thiazole rings is 1. The third-order valence-corrected chi connectivity index (χ3v) is 7.93. The lowest BCUT2D eigenvalue weighted by Crippen LogP contribution is -2.52. The van der Waals surface area contributed by atoms with Gasteiger partial charge in [-0.1, -0.05) is 43.2 Å². The number of hydrogen-bond donors (Lipinski definition) is 2. The van der Waals surface area contributed by atoms with E-state index in [2.05, 4.69) is 27.2 Å². The van der Waals surface area contributed by atoms with Crippen LogP contribution in [0.25, 0.3) is 20.8 Å². The van der Waals surface area contributed by atoms with E-state index in [0.717, 1.165) is 65.6 Å². The molecule has 2 aromatic carbocycles. The summed E-state index contributed by atoms with van der Waals surface area (Å²) >= 11 is 1.67. The highest BCUT2D eigenvalue weighted by Gasteiger charge is 2.23. The Hall–Kier alpha value is -2.52. The summed E-state index contributed by atoms with van der Waals surface area (Å²) in [7, 11) is 0. The van der Waals surface area contributed by atoms with Gasteiger partial charge < -0.3 is 15.2 Å². The van der Waals surface area contributed by atoms with Crippen LogP contribution < -0.4 is 10.1 Å². The van der Waals surface area contributed by atoms with E-state index in [1.807, 2.05) is 36.4 Å². The second kappa shape index (κ2) is 11.5. The predicted octanol–water partition coefficient (Wildman–Crippen LogP) is 3.38. The lowest BCUT2D eigenvalue weighted by atomic mass is 10.2. The summed E-state index contributed by atoms with van der Waals surface area (Å²) in [4.78, 5) is 21.5. The number of aliphatic hydroxyl groups excluding tert-OH is 1. The molecule has 7 nitrogen and oxygen atoms in total.